The maximum atomic E-state index is 14.3. The van der Waals surface area contributed by atoms with Gasteiger partial charge in [0.2, 0.25) is 0 Å². The molecule has 192 valence electrons. The van der Waals surface area contributed by atoms with Crippen LogP contribution in [0.15, 0.2) is 48.5 Å². The molecule has 0 saturated carbocycles. The van der Waals surface area contributed by atoms with E-state index in [0.717, 1.165) is 11.1 Å². The zero-order valence-corrected chi connectivity index (χ0v) is 22.2. The number of nitrogens with zero attached hydrogens (tertiary/aromatic N) is 2. The summed E-state index contributed by atoms with van der Waals surface area (Å²) in [5.74, 6) is 1.25. The minimum Gasteiger partial charge on any atom is -0.497 e. The molecular formula is C27H33N3O5S. The number of methoxy groups -OCH3 is 2. The van der Waals surface area contributed by atoms with Crippen molar-refractivity contribution in [2.75, 3.05) is 27.3 Å². The number of carbonyl (C=O) groups excluding carboxylic acids is 2. The van der Waals surface area contributed by atoms with Gasteiger partial charge in [0.25, 0.3) is 5.91 Å². The number of nitrogens with one attached hydrogen (secondary N) is 1. The number of ether oxygens (including phenoxy) is 3. The minimum absolute atomic E-state index is 0.130. The molecule has 0 atom stereocenters. The molecule has 2 aromatic carbocycles. The minimum atomic E-state index is -1.18. The van der Waals surface area contributed by atoms with Gasteiger partial charge in [-0.05, 0) is 81.2 Å². The first-order valence-corrected chi connectivity index (χ1v) is 12.4. The number of amides is 2. The van der Waals surface area contributed by atoms with Gasteiger partial charge in [-0.2, -0.15) is 0 Å². The van der Waals surface area contributed by atoms with Crippen LogP contribution in [0.3, 0.4) is 0 Å². The molecule has 0 radical (unpaired) electrons. The van der Waals surface area contributed by atoms with E-state index < -0.39 is 11.1 Å². The summed E-state index contributed by atoms with van der Waals surface area (Å²) in [4.78, 5) is 30.2. The number of hydrogen-bond acceptors (Lipinski definition) is 6. The summed E-state index contributed by atoms with van der Waals surface area (Å²) in [6, 6.07) is 14.7. The molecule has 2 fully saturated rings. The van der Waals surface area contributed by atoms with Crippen LogP contribution in [0.25, 0.3) is 0 Å². The summed E-state index contributed by atoms with van der Waals surface area (Å²) in [6.07, 6.45) is 0.877. The maximum absolute atomic E-state index is 14.3. The molecule has 2 aliphatic rings. The SMILES string of the molecule is COc1ccc(C2(c3ccc(OC)cc3)NC(=S)N(C3CCN(C(=O)OC(C)(C)C)CC3)C2=O)cc1. The van der Waals surface area contributed by atoms with Crippen molar-refractivity contribution < 1.29 is 23.8 Å². The maximum Gasteiger partial charge on any atom is 0.410 e. The quantitative estimate of drug-likeness (QED) is 0.607. The molecule has 2 amide bonds. The van der Waals surface area contributed by atoms with Crippen LogP contribution in [0.2, 0.25) is 0 Å². The summed E-state index contributed by atoms with van der Waals surface area (Å²) >= 11 is 5.74. The number of benzene rings is 2. The molecule has 2 saturated heterocycles. The highest BCUT2D eigenvalue weighted by Crippen LogP contribution is 2.39. The van der Waals surface area contributed by atoms with Gasteiger partial charge in [-0.25, -0.2) is 4.79 Å². The topological polar surface area (TPSA) is 80.3 Å². The summed E-state index contributed by atoms with van der Waals surface area (Å²) in [6.45, 7) is 6.53. The van der Waals surface area contributed by atoms with Crippen molar-refractivity contribution in [3.63, 3.8) is 0 Å². The predicted octanol–water partition coefficient (Wildman–Crippen LogP) is 4.06. The van der Waals surface area contributed by atoms with Gasteiger partial charge in [0.05, 0.1) is 14.2 Å². The fourth-order valence-electron chi connectivity index (χ4n) is 4.75. The van der Waals surface area contributed by atoms with E-state index in [2.05, 4.69) is 5.32 Å². The number of thiocarbonyl (C=S) groups is 1. The van der Waals surface area contributed by atoms with Crippen LogP contribution in [-0.4, -0.2) is 65.9 Å². The Kier molecular flexibility index (Phi) is 7.13. The zero-order chi connectivity index (χ0) is 26.1. The Morgan fingerprint density at radius 2 is 1.42 bits per heavy atom. The Balaban J connectivity index is 1.62. The van der Waals surface area contributed by atoms with Gasteiger partial charge in [-0.15, -0.1) is 0 Å². The molecule has 0 spiro atoms. The molecule has 8 nitrogen and oxygen atoms in total. The van der Waals surface area contributed by atoms with Gasteiger partial charge in [-0.1, -0.05) is 24.3 Å². The molecule has 0 aliphatic carbocycles. The van der Waals surface area contributed by atoms with Crippen LogP contribution in [-0.2, 0) is 15.1 Å². The van der Waals surface area contributed by atoms with Gasteiger partial charge in [-0.3, -0.25) is 9.69 Å². The second kappa shape index (κ2) is 9.97. The number of rotatable bonds is 5. The van der Waals surface area contributed by atoms with Crippen LogP contribution in [0.1, 0.15) is 44.7 Å². The third kappa shape index (κ3) is 4.84. The normalized spacial score (nSPS) is 18.1. The Bertz CT molecular complexity index is 1070. The molecule has 9 heteroatoms. The first-order valence-electron chi connectivity index (χ1n) is 12.0. The first kappa shape index (κ1) is 25.8. The van der Waals surface area contributed by atoms with E-state index in [0.29, 0.717) is 42.5 Å². The smallest absolute Gasteiger partial charge is 0.410 e. The lowest BCUT2D eigenvalue weighted by Gasteiger charge is -2.37. The molecule has 2 aliphatic heterocycles. The lowest BCUT2D eigenvalue weighted by Crippen LogP contribution is -2.51. The van der Waals surface area contributed by atoms with Crippen LogP contribution in [0.5, 0.6) is 11.5 Å². The highest BCUT2D eigenvalue weighted by atomic mass is 32.1. The summed E-state index contributed by atoms with van der Waals surface area (Å²) in [7, 11) is 3.21. The highest BCUT2D eigenvalue weighted by Gasteiger charge is 2.54. The Labute approximate surface area is 217 Å². The average molecular weight is 512 g/mol. The summed E-state index contributed by atoms with van der Waals surface area (Å²) in [5, 5.41) is 3.74. The Morgan fingerprint density at radius 3 is 1.83 bits per heavy atom. The third-order valence-corrected chi connectivity index (χ3v) is 6.88. The number of carbonyl (C=O) groups is 2. The largest absolute Gasteiger partial charge is 0.497 e. The number of hydrogen-bond donors (Lipinski definition) is 1. The highest BCUT2D eigenvalue weighted by molar-refractivity contribution is 7.80. The monoisotopic (exact) mass is 511 g/mol. The molecular weight excluding hydrogens is 478 g/mol. The van der Waals surface area contributed by atoms with E-state index in [1.165, 1.54) is 0 Å². The van der Waals surface area contributed by atoms with E-state index in [9.17, 15) is 9.59 Å². The van der Waals surface area contributed by atoms with Crippen LogP contribution in [0, 0.1) is 0 Å². The van der Waals surface area contributed by atoms with Crippen LogP contribution >= 0.6 is 12.2 Å². The van der Waals surface area contributed by atoms with Gasteiger partial charge >= 0.3 is 6.09 Å². The number of likely N-dealkylation sites (tertiary alicyclic amines) is 1. The lowest BCUT2D eigenvalue weighted by atomic mass is 9.82. The fraction of sp³-hybridized carbons (Fsp3) is 0.444. The lowest BCUT2D eigenvalue weighted by molar-refractivity contribution is -0.132. The standard InChI is InChI=1S/C27H33N3O5S/c1-26(2,3)35-25(32)29-16-14-20(15-17-29)30-23(31)27(28-24(30)36,18-6-10-21(33-4)11-7-18)19-8-12-22(34-5)13-9-19/h6-13,20H,14-17H2,1-5H3,(H,28,36). The van der Waals surface area contributed by atoms with E-state index in [4.69, 9.17) is 26.4 Å². The molecule has 0 aromatic heterocycles. The molecule has 2 heterocycles. The Hall–Kier alpha value is -3.33. The van der Waals surface area contributed by atoms with E-state index in [1.807, 2.05) is 69.3 Å². The van der Waals surface area contributed by atoms with Crippen molar-refractivity contribution in [3.05, 3.63) is 59.7 Å². The molecule has 0 unspecified atom stereocenters. The summed E-state index contributed by atoms with van der Waals surface area (Å²) in [5.41, 5.74) is -0.220. The van der Waals surface area contributed by atoms with E-state index >= 15 is 0 Å². The van der Waals surface area contributed by atoms with Gasteiger partial charge in [0.15, 0.2) is 10.7 Å². The van der Waals surface area contributed by atoms with Crippen molar-refractivity contribution >= 4 is 29.3 Å². The third-order valence-electron chi connectivity index (χ3n) is 6.58. The van der Waals surface area contributed by atoms with Crippen molar-refractivity contribution in [1.29, 1.82) is 0 Å². The van der Waals surface area contributed by atoms with Gasteiger partial charge < -0.3 is 24.4 Å². The van der Waals surface area contributed by atoms with Crippen LogP contribution < -0.4 is 14.8 Å². The van der Waals surface area contributed by atoms with Crippen molar-refractivity contribution in [3.8, 4) is 11.5 Å². The predicted molar refractivity (Wildman–Crippen MR) is 140 cm³/mol. The molecule has 2 aromatic rings. The van der Waals surface area contributed by atoms with Gasteiger partial charge in [0.1, 0.15) is 17.1 Å². The fourth-order valence-corrected chi connectivity index (χ4v) is 5.14. The second-order valence-electron chi connectivity index (χ2n) is 10.0. The van der Waals surface area contributed by atoms with Gasteiger partial charge in [0, 0.05) is 19.1 Å². The van der Waals surface area contributed by atoms with Crippen LogP contribution in [0.4, 0.5) is 4.79 Å². The molecule has 36 heavy (non-hydrogen) atoms. The molecule has 4 rings (SSSR count). The van der Waals surface area contributed by atoms with E-state index in [-0.39, 0.29) is 18.0 Å². The van der Waals surface area contributed by atoms with Crippen molar-refractivity contribution in [1.82, 2.24) is 15.1 Å². The van der Waals surface area contributed by atoms with E-state index in [1.54, 1.807) is 24.0 Å². The first-order chi connectivity index (χ1) is 17.1. The Morgan fingerprint density at radius 1 is 0.944 bits per heavy atom. The van der Waals surface area contributed by atoms with Crippen molar-refractivity contribution in [2.45, 2.75) is 50.8 Å². The number of piperidine rings is 1. The zero-order valence-electron chi connectivity index (χ0n) is 21.4. The molecule has 1 N–H and O–H groups in total. The second-order valence-corrected chi connectivity index (χ2v) is 10.4. The average Bonchev–Trinajstić information content (AvgIpc) is 3.13. The van der Waals surface area contributed by atoms with Crippen molar-refractivity contribution in [2.24, 2.45) is 0 Å². The summed E-state index contributed by atoms with van der Waals surface area (Å²) < 4.78 is 16.2. The molecule has 0 bridgehead atoms.